The maximum atomic E-state index is 12.1. The molecule has 0 spiro atoms. The molecule has 8 heteroatoms. The van der Waals surface area contributed by atoms with Gasteiger partial charge in [0.2, 0.25) is 5.88 Å². The van der Waals surface area contributed by atoms with Crippen LogP contribution in [-0.2, 0) is 5.60 Å². The summed E-state index contributed by atoms with van der Waals surface area (Å²) in [4.78, 5) is 15.9. The van der Waals surface area contributed by atoms with Gasteiger partial charge in [-0.1, -0.05) is 0 Å². The number of aromatic nitrogens is 1. The molecule has 0 aromatic carbocycles. The minimum Gasteiger partial charge on any atom is -0.472 e. The molecule has 0 aliphatic heterocycles. The molecule has 2 aromatic heterocycles. The number of hydrogen-bond acceptors (Lipinski definition) is 5. The third-order valence-corrected chi connectivity index (χ3v) is 3.77. The Morgan fingerprint density at radius 1 is 1.52 bits per heavy atom. The molecule has 1 atom stereocenters. The Bertz CT molecular complexity index is 648. The molecule has 0 aliphatic carbocycles. The first-order chi connectivity index (χ1) is 10.9. The molecule has 0 radical (unpaired) electrons. The Morgan fingerprint density at radius 2 is 2.30 bits per heavy atom. The molecule has 1 unspecified atom stereocenters. The van der Waals surface area contributed by atoms with Gasteiger partial charge in [0, 0.05) is 17.8 Å². The van der Waals surface area contributed by atoms with E-state index < -0.39 is 24.5 Å². The zero-order chi connectivity index (χ0) is 16.9. The van der Waals surface area contributed by atoms with E-state index >= 15 is 0 Å². The van der Waals surface area contributed by atoms with Gasteiger partial charge in [0.1, 0.15) is 5.60 Å². The van der Waals surface area contributed by atoms with Crippen LogP contribution in [0, 0.1) is 0 Å². The summed E-state index contributed by atoms with van der Waals surface area (Å²) in [6, 6.07) is 4.49. The molecule has 2 N–H and O–H groups in total. The van der Waals surface area contributed by atoms with Crippen LogP contribution in [0.25, 0.3) is 0 Å². The highest BCUT2D eigenvalue weighted by atomic mass is 32.1. The van der Waals surface area contributed by atoms with Crippen molar-refractivity contribution in [3.8, 4) is 5.88 Å². The molecule has 0 bridgehead atoms. The number of halogens is 2. The second-order valence-corrected chi connectivity index (χ2v) is 5.83. The van der Waals surface area contributed by atoms with E-state index in [0.717, 1.165) is 0 Å². The van der Waals surface area contributed by atoms with Crippen LogP contribution >= 0.6 is 11.3 Å². The minimum absolute atomic E-state index is 0.0120. The highest BCUT2D eigenvalue weighted by Crippen LogP contribution is 2.22. The van der Waals surface area contributed by atoms with Crippen LogP contribution in [0.5, 0.6) is 5.88 Å². The molecule has 23 heavy (non-hydrogen) atoms. The fourth-order valence-corrected chi connectivity index (χ4v) is 2.59. The van der Waals surface area contributed by atoms with Gasteiger partial charge in [-0.3, -0.25) is 4.79 Å². The van der Waals surface area contributed by atoms with Crippen molar-refractivity contribution in [2.45, 2.75) is 19.0 Å². The van der Waals surface area contributed by atoms with E-state index in [1.54, 1.807) is 18.4 Å². The molecule has 0 saturated heterocycles. The highest BCUT2D eigenvalue weighted by Gasteiger charge is 2.24. The summed E-state index contributed by atoms with van der Waals surface area (Å²) in [7, 11) is 0. The fourth-order valence-electron chi connectivity index (χ4n) is 1.81. The third-order valence-electron chi connectivity index (χ3n) is 3.09. The molecule has 2 aromatic rings. The largest absolute Gasteiger partial charge is 0.472 e. The average molecular weight is 342 g/mol. The summed E-state index contributed by atoms with van der Waals surface area (Å²) in [6.07, 6.45) is -1.32. The van der Waals surface area contributed by atoms with Crippen LogP contribution < -0.4 is 10.1 Å². The predicted octanol–water partition coefficient (Wildman–Crippen LogP) is 2.42. The number of nitrogens with one attached hydrogen (secondary N) is 1. The third kappa shape index (κ3) is 4.97. The van der Waals surface area contributed by atoms with Crippen molar-refractivity contribution >= 4 is 17.2 Å². The monoisotopic (exact) mass is 342 g/mol. The lowest BCUT2D eigenvalue weighted by Gasteiger charge is -2.22. The lowest BCUT2D eigenvalue weighted by Crippen LogP contribution is -2.38. The first kappa shape index (κ1) is 17.3. The van der Waals surface area contributed by atoms with Crippen LogP contribution in [-0.4, -0.2) is 35.6 Å². The maximum absolute atomic E-state index is 12.1. The molecule has 0 aliphatic rings. The molecule has 124 valence electrons. The molecule has 2 heterocycles. The van der Waals surface area contributed by atoms with Gasteiger partial charge in [-0.2, -0.15) is 11.3 Å². The van der Waals surface area contributed by atoms with Crippen LogP contribution in [0.15, 0.2) is 35.2 Å². The van der Waals surface area contributed by atoms with Crippen molar-refractivity contribution in [2.24, 2.45) is 0 Å². The van der Waals surface area contributed by atoms with E-state index in [-0.39, 0.29) is 18.0 Å². The number of aliphatic hydroxyl groups is 1. The van der Waals surface area contributed by atoms with Crippen molar-refractivity contribution in [3.63, 3.8) is 0 Å². The average Bonchev–Trinajstić information content (AvgIpc) is 3.06. The second kappa shape index (κ2) is 7.47. The summed E-state index contributed by atoms with van der Waals surface area (Å²) in [5.41, 5.74) is -0.276. The van der Waals surface area contributed by atoms with E-state index in [9.17, 15) is 18.7 Å². The number of rotatable bonds is 7. The minimum atomic E-state index is -2.62. The molecular weight excluding hydrogens is 326 g/mol. The number of alkyl halides is 2. The van der Waals surface area contributed by atoms with E-state index in [2.05, 4.69) is 10.3 Å². The van der Waals surface area contributed by atoms with E-state index in [1.807, 2.05) is 5.38 Å². The summed E-state index contributed by atoms with van der Waals surface area (Å²) < 4.78 is 29.0. The van der Waals surface area contributed by atoms with E-state index in [1.165, 1.54) is 29.7 Å². The normalized spacial score (nSPS) is 13.6. The molecule has 1 amide bonds. The Labute approximate surface area is 135 Å². The number of hydrogen-bond donors (Lipinski definition) is 2. The van der Waals surface area contributed by atoms with Crippen LogP contribution in [0.2, 0.25) is 0 Å². The molecule has 0 saturated carbocycles. The van der Waals surface area contributed by atoms with E-state index in [0.29, 0.717) is 5.56 Å². The SMILES string of the molecule is CC(O)(CNC(=O)c1ccnc(OCC(F)F)c1)c1ccsc1. The molecule has 2 rings (SSSR count). The van der Waals surface area contributed by atoms with Crippen LogP contribution in [0.1, 0.15) is 22.8 Å². The fraction of sp³-hybridized carbons (Fsp3) is 0.333. The predicted molar refractivity (Wildman–Crippen MR) is 82.0 cm³/mol. The number of pyridine rings is 1. The summed E-state index contributed by atoms with van der Waals surface area (Å²) in [6.45, 7) is 0.822. The van der Waals surface area contributed by atoms with Gasteiger partial charge < -0.3 is 15.2 Å². The van der Waals surface area contributed by atoms with Gasteiger partial charge >= 0.3 is 0 Å². The Hall–Kier alpha value is -2.06. The summed E-state index contributed by atoms with van der Waals surface area (Å²) in [5, 5.41) is 16.6. The van der Waals surface area contributed by atoms with Gasteiger partial charge in [-0.15, -0.1) is 0 Å². The zero-order valence-electron chi connectivity index (χ0n) is 12.3. The highest BCUT2D eigenvalue weighted by molar-refractivity contribution is 7.08. The number of thiophene rings is 1. The van der Waals surface area contributed by atoms with Crippen LogP contribution in [0.4, 0.5) is 8.78 Å². The summed E-state index contributed by atoms with van der Waals surface area (Å²) >= 11 is 1.45. The Balaban J connectivity index is 1.97. The van der Waals surface area contributed by atoms with E-state index in [4.69, 9.17) is 4.74 Å². The first-order valence-corrected chi connectivity index (χ1v) is 7.73. The number of carbonyl (C=O) groups is 1. The number of ether oxygens (including phenoxy) is 1. The zero-order valence-corrected chi connectivity index (χ0v) is 13.1. The molecular formula is C15H16F2N2O3S. The van der Waals surface area contributed by atoms with Crippen molar-refractivity contribution in [1.29, 1.82) is 0 Å². The topological polar surface area (TPSA) is 71.5 Å². The van der Waals surface area contributed by atoms with Crippen molar-refractivity contribution in [2.75, 3.05) is 13.2 Å². The van der Waals surface area contributed by atoms with Gasteiger partial charge in [0.25, 0.3) is 12.3 Å². The first-order valence-electron chi connectivity index (χ1n) is 6.79. The lowest BCUT2D eigenvalue weighted by molar-refractivity contribution is 0.0529. The Kier molecular flexibility index (Phi) is 5.62. The summed E-state index contributed by atoms with van der Waals surface area (Å²) in [5.74, 6) is -0.507. The van der Waals surface area contributed by atoms with Crippen LogP contribution in [0.3, 0.4) is 0 Å². The van der Waals surface area contributed by atoms with Crippen molar-refractivity contribution < 1.29 is 23.4 Å². The second-order valence-electron chi connectivity index (χ2n) is 5.05. The Morgan fingerprint density at radius 3 is 2.96 bits per heavy atom. The lowest BCUT2D eigenvalue weighted by atomic mass is 9.99. The molecule has 5 nitrogen and oxygen atoms in total. The van der Waals surface area contributed by atoms with Gasteiger partial charge in [-0.05, 0) is 35.4 Å². The van der Waals surface area contributed by atoms with Gasteiger partial charge in [0.15, 0.2) is 6.61 Å². The standard InChI is InChI=1S/C15H16F2N2O3S/c1-15(21,11-3-5-23-8-11)9-19-14(20)10-2-4-18-13(6-10)22-7-12(16)17/h2-6,8,12,21H,7,9H2,1H3,(H,19,20). The maximum Gasteiger partial charge on any atom is 0.272 e. The number of nitrogens with zero attached hydrogens (tertiary/aromatic N) is 1. The smallest absolute Gasteiger partial charge is 0.272 e. The van der Waals surface area contributed by atoms with Crippen molar-refractivity contribution in [1.82, 2.24) is 10.3 Å². The van der Waals surface area contributed by atoms with Gasteiger partial charge in [-0.25, -0.2) is 13.8 Å². The van der Waals surface area contributed by atoms with Crippen molar-refractivity contribution in [3.05, 3.63) is 46.3 Å². The quantitative estimate of drug-likeness (QED) is 0.811. The van der Waals surface area contributed by atoms with Gasteiger partial charge in [0.05, 0.1) is 6.54 Å². The number of carbonyl (C=O) groups excluding carboxylic acids is 1. The number of amides is 1. The molecule has 0 fully saturated rings.